The van der Waals surface area contributed by atoms with Crippen molar-refractivity contribution in [2.75, 3.05) is 5.32 Å². The third-order valence-electron chi connectivity index (χ3n) is 4.19. The zero-order valence-corrected chi connectivity index (χ0v) is 11.1. The second kappa shape index (κ2) is 4.63. The highest BCUT2D eigenvalue weighted by atomic mass is 15.1. The SMILES string of the molecule is CC1CCC(Nc2cccc3nccn23)C(C)C1. The van der Waals surface area contributed by atoms with Crippen LogP contribution in [-0.2, 0) is 0 Å². The van der Waals surface area contributed by atoms with E-state index in [1.54, 1.807) is 0 Å². The summed E-state index contributed by atoms with van der Waals surface area (Å²) in [6.07, 6.45) is 7.81. The number of hydrogen-bond acceptors (Lipinski definition) is 2. The fourth-order valence-corrected chi connectivity index (χ4v) is 3.14. The number of aromatic nitrogens is 2. The first kappa shape index (κ1) is 11.6. The lowest BCUT2D eigenvalue weighted by Crippen LogP contribution is -2.33. The fourth-order valence-electron chi connectivity index (χ4n) is 3.14. The summed E-state index contributed by atoms with van der Waals surface area (Å²) in [6, 6.07) is 6.84. The van der Waals surface area contributed by atoms with Crippen LogP contribution >= 0.6 is 0 Å². The van der Waals surface area contributed by atoms with Crippen LogP contribution in [0.5, 0.6) is 0 Å². The molecule has 0 saturated heterocycles. The second-order valence-corrected chi connectivity index (χ2v) is 5.71. The van der Waals surface area contributed by atoms with Gasteiger partial charge in [0, 0.05) is 18.4 Å². The number of rotatable bonds is 2. The highest BCUT2D eigenvalue weighted by Crippen LogP contribution is 2.30. The molecule has 3 atom stereocenters. The normalized spacial score (nSPS) is 28.4. The Kier molecular flexibility index (Phi) is 2.98. The number of fused-ring (bicyclic) bond motifs is 1. The predicted octanol–water partition coefficient (Wildman–Crippen LogP) is 3.57. The summed E-state index contributed by atoms with van der Waals surface area (Å²) in [5, 5.41) is 3.70. The van der Waals surface area contributed by atoms with E-state index in [1.807, 2.05) is 18.5 Å². The van der Waals surface area contributed by atoms with Crippen LogP contribution in [-0.4, -0.2) is 15.4 Å². The van der Waals surface area contributed by atoms with Crippen LogP contribution < -0.4 is 5.32 Å². The van der Waals surface area contributed by atoms with Gasteiger partial charge in [-0.05, 0) is 43.2 Å². The third-order valence-corrected chi connectivity index (χ3v) is 4.19. The molecule has 0 aromatic carbocycles. The molecule has 0 radical (unpaired) electrons. The van der Waals surface area contributed by atoms with Gasteiger partial charge in [0.15, 0.2) is 0 Å². The van der Waals surface area contributed by atoms with Gasteiger partial charge < -0.3 is 5.32 Å². The van der Waals surface area contributed by atoms with E-state index in [0.717, 1.165) is 23.3 Å². The number of hydrogen-bond donors (Lipinski definition) is 1. The Balaban J connectivity index is 1.82. The Labute approximate surface area is 108 Å². The van der Waals surface area contributed by atoms with E-state index in [4.69, 9.17) is 0 Å². The molecule has 18 heavy (non-hydrogen) atoms. The lowest BCUT2D eigenvalue weighted by Gasteiger charge is -2.33. The Morgan fingerprint density at radius 2 is 2.17 bits per heavy atom. The molecule has 0 aliphatic heterocycles. The maximum absolute atomic E-state index is 4.33. The lowest BCUT2D eigenvalue weighted by molar-refractivity contribution is 0.276. The van der Waals surface area contributed by atoms with Gasteiger partial charge in [-0.3, -0.25) is 4.40 Å². The molecular formula is C15H21N3. The standard InChI is InChI=1S/C15H21N3/c1-11-6-7-13(12(2)10-11)17-15-5-3-4-14-16-8-9-18(14)15/h3-5,8-9,11-13,17H,6-7,10H2,1-2H3. The maximum Gasteiger partial charge on any atom is 0.138 e. The van der Waals surface area contributed by atoms with Crippen molar-refractivity contribution in [3.8, 4) is 0 Å². The van der Waals surface area contributed by atoms with Crippen LogP contribution in [0.4, 0.5) is 5.82 Å². The molecule has 0 bridgehead atoms. The molecule has 2 aromatic heterocycles. The quantitative estimate of drug-likeness (QED) is 0.873. The number of nitrogens with zero attached hydrogens (tertiary/aromatic N) is 2. The van der Waals surface area contributed by atoms with Gasteiger partial charge in [-0.25, -0.2) is 4.98 Å². The lowest BCUT2D eigenvalue weighted by atomic mass is 9.80. The molecule has 0 spiro atoms. The third kappa shape index (κ3) is 2.09. The topological polar surface area (TPSA) is 29.3 Å². The number of pyridine rings is 1. The summed E-state index contributed by atoms with van der Waals surface area (Å²) in [4.78, 5) is 4.33. The zero-order valence-electron chi connectivity index (χ0n) is 11.1. The largest absolute Gasteiger partial charge is 0.368 e. The van der Waals surface area contributed by atoms with Gasteiger partial charge in [-0.15, -0.1) is 0 Å². The molecule has 1 N–H and O–H groups in total. The van der Waals surface area contributed by atoms with Crippen molar-refractivity contribution < 1.29 is 0 Å². The molecule has 3 nitrogen and oxygen atoms in total. The van der Waals surface area contributed by atoms with E-state index >= 15 is 0 Å². The number of anilines is 1. The Bertz CT molecular complexity index is 531. The van der Waals surface area contributed by atoms with Crippen LogP contribution in [0, 0.1) is 11.8 Å². The van der Waals surface area contributed by atoms with Crippen molar-refractivity contribution in [1.82, 2.24) is 9.38 Å². The first-order valence-corrected chi connectivity index (χ1v) is 6.92. The van der Waals surface area contributed by atoms with Gasteiger partial charge in [0.2, 0.25) is 0 Å². The Morgan fingerprint density at radius 3 is 3.00 bits per heavy atom. The van der Waals surface area contributed by atoms with Crippen LogP contribution in [0.15, 0.2) is 30.6 Å². The first-order chi connectivity index (χ1) is 8.74. The van der Waals surface area contributed by atoms with E-state index in [0.29, 0.717) is 6.04 Å². The molecule has 2 aromatic rings. The highest BCUT2D eigenvalue weighted by molar-refractivity contribution is 5.50. The van der Waals surface area contributed by atoms with E-state index < -0.39 is 0 Å². The molecule has 3 heteroatoms. The number of imidazole rings is 1. The van der Waals surface area contributed by atoms with Crippen molar-refractivity contribution in [3.63, 3.8) is 0 Å². The smallest absolute Gasteiger partial charge is 0.138 e. The van der Waals surface area contributed by atoms with Crippen LogP contribution in [0.1, 0.15) is 33.1 Å². The average molecular weight is 243 g/mol. The molecular weight excluding hydrogens is 222 g/mol. The van der Waals surface area contributed by atoms with Crippen molar-refractivity contribution >= 4 is 11.5 Å². The molecule has 2 heterocycles. The minimum absolute atomic E-state index is 0.592. The predicted molar refractivity (Wildman–Crippen MR) is 74.8 cm³/mol. The van der Waals surface area contributed by atoms with E-state index in [9.17, 15) is 0 Å². The average Bonchev–Trinajstić information content (AvgIpc) is 2.82. The molecule has 1 saturated carbocycles. The highest BCUT2D eigenvalue weighted by Gasteiger charge is 2.25. The maximum atomic E-state index is 4.33. The van der Waals surface area contributed by atoms with Crippen LogP contribution in [0.25, 0.3) is 5.65 Å². The molecule has 1 fully saturated rings. The van der Waals surface area contributed by atoms with Gasteiger partial charge in [-0.1, -0.05) is 19.9 Å². The summed E-state index contributed by atoms with van der Waals surface area (Å²) in [5.74, 6) is 2.78. The van der Waals surface area contributed by atoms with Crippen LogP contribution in [0.2, 0.25) is 0 Å². The fraction of sp³-hybridized carbons (Fsp3) is 0.533. The van der Waals surface area contributed by atoms with Crippen molar-refractivity contribution in [1.29, 1.82) is 0 Å². The summed E-state index contributed by atoms with van der Waals surface area (Å²) in [5.41, 5.74) is 1.01. The van der Waals surface area contributed by atoms with Gasteiger partial charge in [0.05, 0.1) is 0 Å². The van der Waals surface area contributed by atoms with Crippen molar-refractivity contribution in [2.24, 2.45) is 11.8 Å². The second-order valence-electron chi connectivity index (χ2n) is 5.71. The summed E-state index contributed by atoms with van der Waals surface area (Å²) in [6.45, 7) is 4.73. The van der Waals surface area contributed by atoms with Crippen molar-refractivity contribution in [2.45, 2.75) is 39.2 Å². The summed E-state index contributed by atoms with van der Waals surface area (Å²) >= 11 is 0. The van der Waals surface area contributed by atoms with Gasteiger partial charge in [0.25, 0.3) is 0 Å². The van der Waals surface area contributed by atoms with Crippen molar-refractivity contribution in [3.05, 3.63) is 30.6 Å². The van der Waals surface area contributed by atoms with E-state index in [2.05, 4.69) is 40.7 Å². The van der Waals surface area contributed by atoms with Gasteiger partial charge in [0.1, 0.15) is 11.5 Å². The van der Waals surface area contributed by atoms with E-state index in [-0.39, 0.29) is 0 Å². The van der Waals surface area contributed by atoms with Crippen LogP contribution in [0.3, 0.4) is 0 Å². The Hall–Kier alpha value is -1.51. The minimum atomic E-state index is 0.592. The minimum Gasteiger partial charge on any atom is -0.368 e. The summed E-state index contributed by atoms with van der Waals surface area (Å²) < 4.78 is 2.13. The van der Waals surface area contributed by atoms with E-state index in [1.165, 1.54) is 19.3 Å². The molecule has 3 rings (SSSR count). The number of nitrogens with one attached hydrogen (secondary N) is 1. The summed E-state index contributed by atoms with van der Waals surface area (Å²) in [7, 11) is 0. The molecule has 1 aliphatic rings. The first-order valence-electron chi connectivity index (χ1n) is 6.92. The Morgan fingerprint density at radius 1 is 1.28 bits per heavy atom. The monoisotopic (exact) mass is 243 g/mol. The zero-order chi connectivity index (χ0) is 12.5. The van der Waals surface area contributed by atoms with Gasteiger partial charge in [-0.2, -0.15) is 0 Å². The molecule has 1 aliphatic carbocycles. The molecule has 96 valence electrons. The molecule has 0 amide bonds. The van der Waals surface area contributed by atoms with Gasteiger partial charge >= 0.3 is 0 Å². The molecule has 3 unspecified atom stereocenters.